The Bertz CT molecular complexity index is 741. The zero-order valence-corrected chi connectivity index (χ0v) is 15.3. The largest absolute Gasteiger partial charge is 0.370 e. The first-order chi connectivity index (χ1) is 12.0. The molecule has 0 unspecified atom stereocenters. The minimum Gasteiger partial charge on any atom is -0.370 e. The molecule has 1 fully saturated rings. The van der Waals surface area contributed by atoms with Crippen LogP contribution < -0.4 is 11.5 Å². The molecule has 0 atom stereocenters. The Morgan fingerprint density at radius 1 is 1.12 bits per heavy atom. The Balaban J connectivity index is 1.71. The van der Waals surface area contributed by atoms with E-state index in [1.54, 1.807) is 6.20 Å². The third-order valence-corrected chi connectivity index (χ3v) is 5.29. The number of rotatable bonds is 4. The minimum absolute atomic E-state index is 0.0787. The summed E-state index contributed by atoms with van der Waals surface area (Å²) in [5.41, 5.74) is 17.9. The zero-order chi connectivity index (χ0) is 17.8. The van der Waals surface area contributed by atoms with E-state index in [0.29, 0.717) is 0 Å². The van der Waals surface area contributed by atoms with E-state index < -0.39 is 0 Å². The summed E-state index contributed by atoms with van der Waals surface area (Å²) in [6.07, 6.45) is 9.35. The van der Waals surface area contributed by atoms with Crippen molar-refractivity contribution >= 4 is 11.7 Å². The molecule has 4 N–H and O–H groups in total. The van der Waals surface area contributed by atoms with Gasteiger partial charge in [-0.25, -0.2) is 4.99 Å². The van der Waals surface area contributed by atoms with E-state index in [1.807, 2.05) is 13.8 Å². The van der Waals surface area contributed by atoms with Gasteiger partial charge in [0.1, 0.15) is 0 Å². The second-order valence-corrected chi connectivity index (χ2v) is 7.12. The molecule has 4 nitrogen and oxygen atoms in total. The Morgan fingerprint density at radius 2 is 1.80 bits per heavy atom. The molecule has 4 heteroatoms. The number of allylic oxidation sites excluding steroid dienone is 3. The first kappa shape index (κ1) is 17.5. The molecule has 0 radical (unpaired) electrons. The maximum Gasteiger partial charge on any atom is 0.190 e. The molecule has 1 aromatic rings. The number of benzene rings is 1. The molecule has 25 heavy (non-hydrogen) atoms. The zero-order valence-electron chi connectivity index (χ0n) is 15.3. The van der Waals surface area contributed by atoms with Crippen LogP contribution in [0.2, 0.25) is 0 Å². The van der Waals surface area contributed by atoms with Crippen LogP contribution in [0.1, 0.15) is 69.4 Å². The van der Waals surface area contributed by atoms with Crippen LogP contribution in [0.4, 0.5) is 0 Å². The smallest absolute Gasteiger partial charge is 0.190 e. The van der Waals surface area contributed by atoms with Crippen LogP contribution in [0, 0.1) is 0 Å². The van der Waals surface area contributed by atoms with Gasteiger partial charge in [-0.05, 0) is 54.9 Å². The van der Waals surface area contributed by atoms with Gasteiger partial charge in [0.05, 0.1) is 5.71 Å². The molecule has 1 saturated carbocycles. The highest BCUT2D eigenvalue weighted by atomic mass is 15.0. The predicted octanol–water partition coefficient (Wildman–Crippen LogP) is 4.38. The summed E-state index contributed by atoms with van der Waals surface area (Å²) in [5.74, 6) is 0.823. The second kappa shape index (κ2) is 7.68. The third-order valence-electron chi connectivity index (χ3n) is 5.29. The van der Waals surface area contributed by atoms with Crippen molar-refractivity contribution in [2.24, 2.45) is 21.5 Å². The van der Waals surface area contributed by atoms with Crippen molar-refractivity contribution in [3.63, 3.8) is 0 Å². The van der Waals surface area contributed by atoms with Crippen LogP contribution in [-0.2, 0) is 0 Å². The maximum absolute atomic E-state index is 5.41. The molecule has 0 aromatic heterocycles. The molecule has 2 aliphatic rings. The van der Waals surface area contributed by atoms with Crippen molar-refractivity contribution in [3.8, 4) is 0 Å². The van der Waals surface area contributed by atoms with Crippen LogP contribution >= 0.6 is 0 Å². The molecule has 0 bridgehead atoms. The van der Waals surface area contributed by atoms with E-state index in [2.05, 4.69) is 29.3 Å². The minimum atomic E-state index is 0.0787. The summed E-state index contributed by atoms with van der Waals surface area (Å²) in [6.45, 7) is 4.07. The average Bonchev–Trinajstić information content (AvgIpc) is 3.02. The molecule has 0 saturated heterocycles. The fourth-order valence-corrected chi connectivity index (χ4v) is 3.83. The van der Waals surface area contributed by atoms with Gasteiger partial charge in [0, 0.05) is 18.3 Å². The Hall–Kier alpha value is -2.36. The fraction of sp³-hybridized carbons (Fsp3) is 0.429. The quantitative estimate of drug-likeness (QED) is 0.632. The van der Waals surface area contributed by atoms with Gasteiger partial charge in [0.15, 0.2) is 5.96 Å². The number of aliphatic imine (C=N–C) groups is 2. The van der Waals surface area contributed by atoms with Crippen molar-refractivity contribution in [2.45, 2.75) is 58.3 Å². The standard InChI is InChI=1S/C21H28N4/c1-14(13-24-21(22)23)19-12-20(25-15(19)2)18-10-8-17(9-11-18)16-6-4-3-5-7-16/h8-11,13,16H,3-7,12H2,1-2H3,(H4,22,23,24)/b14-13+. The number of hydrogen-bond acceptors (Lipinski definition) is 2. The highest BCUT2D eigenvalue weighted by Crippen LogP contribution is 2.33. The van der Waals surface area contributed by atoms with Crippen LogP contribution in [0.3, 0.4) is 0 Å². The van der Waals surface area contributed by atoms with Gasteiger partial charge in [-0.15, -0.1) is 0 Å². The summed E-state index contributed by atoms with van der Waals surface area (Å²) < 4.78 is 0. The fourth-order valence-electron chi connectivity index (χ4n) is 3.83. The summed E-state index contributed by atoms with van der Waals surface area (Å²) >= 11 is 0. The summed E-state index contributed by atoms with van der Waals surface area (Å²) in [6, 6.07) is 9.05. The normalized spacial score (nSPS) is 19.1. The summed E-state index contributed by atoms with van der Waals surface area (Å²) in [5, 5.41) is 0. The van der Waals surface area contributed by atoms with Crippen molar-refractivity contribution in [3.05, 3.63) is 58.4 Å². The average molecular weight is 336 g/mol. The van der Waals surface area contributed by atoms with Crippen molar-refractivity contribution in [1.29, 1.82) is 0 Å². The van der Waals surface area contributed by atoms with E-state index in [1.165, 1.54) is 48.8 Å². The van der Waals surface area contributed by atoms with E-state index in [9.17, 15) is 0 Å². The lowest BCUT2D eigenvalue weighted by molar-refractivity contribution is 0.443. The van der Waals surface area contributed by atoms with E-state index in [0.717, 1.165) is 29.3 Å². The van der Waals surface area contributed by atoms with E-state index in [4.69, 9.17) is 16.5 Å². The highest BCUT2D eigenvalue weighted by Gasteiger charge is 2.19. The van der Waals surface area contributed by atoms with E-state index >= 15 is 0 Å². The highest BCUT2D eigenvalue weighted by molar-refractivity contribution is 6.04. The Morgan fingerprint density at radius 3 is 2.44 bits per heavy atom. The maximum atomic E-state index is 5.41. The first-order valence-corrected chi connectivity index (χ1v) is 9.18. The van der Waals surface area contributed by atoms with Gasteiger partial charge in [-0.1, -0.05) is 43.5 Å². The molecule has 1 aromatic carbocycles. The molecule has 1 heterocycles. The molecule has 1 aliphatic heterocycles. The van der Waals surface area contributed by atoms with Gasteiger partial charge >= 0.3 is 0 Å². The van der Waals surface area contributed by atoms with Crippen LogP contribution in [-0.4, -0.2) is 11.7 Å². The van der Waals surface area contributed by atoms with E-state index in [-0.39, 0.29) is 5.96 Å². The lowest BCUT2D eigenvalue weighted by Crippen LogP contribution is -2.21. The topological polar surface area (TPSA) is 76.8 Å². The van der Waals surface area contributed by atoms with Gasteiger partial charge in [0.25, 0.3) is 0 Å². The van der Waals surface area contributed by atoms with Gasteiger partial charge < -0.3 is 11.5 Å². The Labute approximate surface area is 150 Å². The molecular weight excluding hydrogens is 308 g/mol. The van der Waals surface area contributed by atoms with Crippen molar-refractivity contribution in [1.82, 2.24) is 0 Å². The predicted molar refractivity (Wildman–Crippen MR) is 106 cm³/mol. The van der Waals surface area contributed by atoms with Crippen LogP contribution in [0.5, 0.6) is 0 Å². The lowest BCUT2D eigenvalue weighted by Gasteiger charge is -2.22. The van der Waals surface area contributed by atoms with Crippen LogP contribution in [0.15, 0.2) is 57.3 Å². The number of hydrogen-bond donors (Lipinski definition) is 2. The number of nitrogens with zero attached hydrogens (tertiary/aromatic N) is 2. The second-order valence-electron chi connectivity index (χ2n) is 7.12. The lowest BCUT2D eigenvalue weighted by atomic mass is 9.83. The number of guanidine groups is 1. The molecule has 132 valence electrons. The number of nitrogens with two attached hydrogens (primary N) is 2. The van der Waals surface area contributed by atoms with Crippen molar-refractivity contribution in [2.75, 3.05) is 0 Å². The van der Waals surface area contributed by atoms with Crippen molar-refractivity contribution < 1.29 is 0 Å². The van der Waals surface area contributed by atoms with Gasteiger partial charge in [-0.2, -0.15) is 0 Å². The molecule has 0 amide bonds. The van der Waals surface area contributed by atoms with Gasteiger partial charge in [0.2, 0.25) is 0 Å². The molecular formula is C21H28N4. The molecule has 0 spiro atoms. The van der Waals surface area contributed by atoms with Crippen LogP contribution in [0.25, 0.3) is 0 Å². The summed E-state index contributed by atoms with van der Waals surface area (Å²) in [4.78, 5) is 8.76. The Kier molecular flexibility index (Phi) is 5.37. The molecule has 3 rings (SSSR count). The first-order valence-electron chi connectivity index (χ1n) is 9.18. The SMILES string of the molecule is CC1=C(/C(C)=C/N=C(N)N)CC(c2ccc(C3CCCCC3)cc2)=N1. The monoisotopic (exact) mass is 336 g/mol. The van der Waals surface area contributed by atoms with Gasteiger partial charge in [-0.3, -0.25) is 4.99 Å². The molecule has 1 aliphatic carbocycles. The summed E-state index contributed by atoms with van der Waals surface area (Å²) in [7, 11) is 0. The third kappa shape index (κ3) is 4.19.